The van der Waals surface area contributed by atoms with E-state index in [1.165, 1.54) is 16.7 Å². The monoisotopic (exact) mass is 362 g/mol. The summed E-state index contributed by atoms with van der Waals surface area (Å²) in [4.78, 5) is 14.6. The summed E-state index contributed by atoms with van der Waals surface area (Å²) in [5.74, 6) is -0.128. The van der Waals surface area contributed by atoms with E-state index in [4.69, 9.17) is 23.2 Å². The molecule has 24 heavy (non-hydrogen) atoms. The van der Waals surface area contributed by atoms with Gasteiger partial charge >= 0.3 is 0 Å². The SMILES string of the molecule is Cc1ccc2c(c1)CC(CNC(=O)c1ccc(Cl)c(Cl)c1)N(C)C2. The summed E-state index contributed by atoms with van der Waals surface area (Å²) < 4.78 is 0. The average Bonchev–Trinajstić information content (AvgIpc) is 2.55. The van der Waals surface area contributed by atoms with Gasteiger partial charge in [-0.15, -0.1) is 0 Å². The van der Waals surface area contributed by atoms with E-state index in [0.717, 1.165) is 13.0 Å². The topological polar surface area (TPSA) is 32.3 Å². The van der Waals surface area contributed by atoms with Gasteiger partial charge in [0.25, 0.3) is 5.91 Å². The van der Waals surface area contributed by atoms with Crippen molar-refractivity contribution in [2.75, 3.05) is 13.6 Å². The van der Waals surface area contributed by atoms with Crippen molar-refractivity contribution in [1.29, 1.82) is 0 Å². The second kappa shape index (κ2) is 7.14. The Morgan fingerprint density at radius 2 is 1.96 bits per heavy atom. The molecular weight excluding hydrogens is 343 g/mol. The van der Waals surface area contributed by atoms with Crippen molar-refractivity contribution in [3.05, 3.63) is 68.7 Å². The lowest BCUT2D eigenvalue weighted by Gasteiger charge is -2.34. The molecule has 0 aromatic heterocycles. The Kier molecular flexibility index (Phi) is 5.14. The molecule has 1 atom stereocenters. The maximum absolute atomic E-state index is 12.3. The predicted octanol–water partition coefficient (Wildman–Crippen LogP) is 4.09. The number of hydrogen-bond donors (Lipinski definition) is 1. The van der Waals surface area contributed by atoms with Crippen LogP contribution in [-0.4, -0.2) is 30.4 Å². The fraction of sp³-hybridized carbons (Fsp3) is 0.316. The lowest BCUT2D eigenvalue weighted by Crippen LogP contribution is -2.45. The molecular formula is C19H20Cl2N2O. The third kappa shape index (κ3) is 3.75. The zero-order chi connectivity index (χ0) is 17.3. The lowest BCUT2D eigenvalue weighted by molar-refractivity contribution is 0.0934. The maximum atomic E-state index is 12.3. The molecule has 0 bridgehead atoms. The van der Waals surface area contributed by atoms with Gasteiger partial charge < -0.3 is 5.32 Å². The highest BCUT2D eigenvalue weighted by Crippen LogP contribution is 2.24. The fourth-order valence-corrected chi connectivity index (χ4v) is 3.38. The van der Waals surface area contributed by atoms with Gasteiger partial charge in [-0.2, -0.15) is 0 Å². The van der Waals surface area contributed by atoms with E-state index < -0.39 is 0 Å². The molecule has 0 saturated heterocycles. The van der Waals surface area contributed by atoms with Crippen LogP contribution >= 0.6 is 23.2 Å². The van der Waals surface area contributed by atoms with Crippen molar-refractivity contribution in [2.45, 2.75) is 25.9 Å². The zero-order valence-electron chi connectivity index (χ0n) is 13.8. The van der Waals surface area contributed by atoms with Crippen LogP contribution in [0, 0.1) is 6.92 Å². The number of hydrogen-bond acceptors (Lipinski definition) is 2. The van der Waals surface area contributed by atoms with Crippen molar-refractivity contribution >= 4 is 29.1 Å². The van der Waals surface area contributed by atoms with E-state index in [-0.39, 0.29) is 11.9 Å². The minimum Gasteiger partial charge on any atom is -0.350 e. The number of carbonyl (C=O) groups is 1. The quantitative estimate of drug-likeness (QED) is 0.891. The molecule has 0 aliphatic carbocycles. The van der Waals surface area contributed by atoms with E-state index in [0.29, 0.717) is 22.2 Å². The Balaban J connectivity index is 1.66. The zero-order valence-corrected chi connectivity index (χ0v) is 15.3. The summed E-state index contributed by atoms with van der Waals surface area (Å²) in [6.45, 7) is 3.62. The highest BCUT2D eigenvalue weighted by Gasteiger charge is 2.23. The van der Waals surface area contributed by atoms with Gasteiger partial charge in [-0.05, 0) is 49.7 Å². The third-order valence-corrected chi connectivity index (χ3v) is 5.28. The molecule has 2 aromatic rings. The molecule has 3 nitrogen and oxygen atoms in total. The Hall–Kier alpha value is -1.55. The number of nitrogens with zero attached hydrogens (tertiary/aromatic N) is 1. The molecule has 0 fully saturated rings. The number of fused-ring (bicyclic) bond motifs is 1. The van der Waals surface area contributed by atoms with Gasteiger partial charge in [-0.25, -0.2) is 0 Å². The van der Waals surface area contributed by atoms with Gasteiger partial charge in [-0.1, -0.05) is 47.0 Å². The number of rotatable bonds is 3. The number of nitrogens with one attached hydrogen (secondary N) is 1. The number of amides is 1. The van der Waals surface area contributed by atoms with Gasteiger partial charge in [0.2, 0.25) is 0 Å². The minimum atomic E-state index is -0.128. The molecule has 126 valence electrons. The molecule has 1 heterocycles. The molecule has 1 aliphatic rings. The van der Waals surface area contributed by atoms with E-state index in [2.05, 4.69) is 42.4 Å². The van der Waals surface area contributed by atoms with Gasteiger partial charge in [-0.3, -0.25) is 9.69 Å². The molecule has 0 spiro atoms. The van der Waals surface area contributed by atoms with Crippen LogP contribution < -0.4 is 5.32 Å². The lowest BCUT2D eigenvalue weighted by atomic mass is 9.93. The second-order valence-electron chi connectivity index (χ2n) is 6.38. The number of likely N-dealkylation sites (N-methyl/N-ethyl adjacent to an activating group) is 1. The van der Waals surface area contributed by atoms with Gasteiger partial charge in [0, 0.05) is 24.7 Å². The molecule has 5 heteroatoms. The third-order valence-electron chi connectivity index (χ3n) is 4.54. The molecule has 3 rings (SSSR count). The van der Waals surface area contributed by atoms with Crippen molar-refractivity contribution in [3.63, 3.8) is 0 Å². The molecule has 2 aromatic carbocycles. The largest absolute Gasteiger partial charge is 0.350 e. The van der Waals surface area contributed by atoms with Crippen LogP contribution in [0.3, 0.4) is 0 Å². The van der Waals surface area contributed by atoms with Crippen LogP contribution in [0.1, 0.15) is 27.0 Å². The van der Waals surface area contributed by atoms with Crippen LogP contribution in [0.25, 0.3) is 0 Å². The average molecular weight is 363 g/mol. The highest BCUT2D eigenvalue weighted by atomic mass is 35.5. The van der Waals surface area contributed by atoms with Crippen molar-refractivity contribution in [3.8, 4) is 0 Å². The predicted molar refractivity (Wildman–Crippen MR) is 98.9 cm³/mol. The molecule has 0 radical (unpaired) electrons. The minimum absolute atomic E-state index is 0.128. The summed E-state index contributed by atoms with van der Waals surface area (Å²) in [5, 5.41) is 3.85. The van der Waals surface area contributed by atoms with E-state index in [9.17, 15) is 4.79 Å². The van der Waals surface area contributed by atoms with Gasteiger partial charge in [0.15, 0.2) is 0 Å². The van der Waals surface area contributed by atoms with E-state index in [1.807, 2.05) is 0 Å². The smallest absolute Gasteiger partial charge is 0.251 e. The standard InChI is InChI=1S/C19H20Cl2N2O/c1-12-3-4-14-11-23(2)16(8-15(14)7-12)10-22-19(24)13-5-6-17(20)18(21)9-13/h3-7,9,16H,8,10-11H2,1-2H3,(H,22,24). The Morgan fingerprint density at radius 1 is 1.17 bits per heavy atom. The first-order valence-corrected chi connectivity index (χ1v) is 8.71. The Bertz CT molecular complexity index is 776. The number of aryl methyl sites for hydroxylation is 1. The van der Waals surface area contributed by atoms with Gasteiger partial charge in [0.05, 0.1) is 10.0 Å². The summed E-state index contributed by atoms with van der Waals surface area (Å²) in [7, 11) is 2.10. The van der Waals surface area contributed by atoms with Crippen LogP contribution in [0.4, 0.5) is 0 Å². The van der Waals surface area contributed by atoms with Crippen molar-refractivity contribution in [1.82, 2.24) is 10.2 Å². The number of benzene rings is 2. The number of carbonyl (C=O) groups excluding carboxylic acids is 1. The van der Waals surface area contributed by atoms with Crippen LogP contribution in [-0.2, 0) is 13.0 Å². The first-order chi connectivity index (χ1) is 11.4. The molecule has 1 unspecified atom stereocenters. The molecule has 1 N–H and O–H groups in total. The maximum Gasteiger partial charge on any atom is 0.251 e. The molecule has 1 amide bonds. The number of halogens is 2. The highest BCUT2D eigenvalue weighted by molar-refractivity contribution is 6.42. The first-order valence-electron chi connectivity index (χ1n) is 7.96. The Labute approximate surface area is 152 Å². The Morgan fingerprint density at radius 3 is 2.71 bits per heavy atom. The second-order valence-corrected chi connectivity index (χ2v) is 7.20. The summed E-state index contributed by atoms with van der Waals surface area (Å²) in [5.41, 5.74) is 4.55. The van der Waals surface area contributed by atoms with Crippen molar-refractivity contribution in [2.24, 2.45) is 0 Å². The first kappa shape index (κ1) is 17.3. The van der Waals surface area contributed by atoms with Crippen LogP contribution in [0.2, 0.25) is 10.0 Å². The van der Waals surface area contributed by atoms with Crippen LogP contribution in [0.5, 0.6) is 0 Å². The van der Waals surface area contributed by atoms with Crippen LogP contribution in [0.15, 0.2) is 36.4 Å². The molecule has 0 saturated carbocycles. The summed E-state index contributed by atoms with van der Waals surface area (Å²) >= 11 is 11.9. The van der Waals surface area contributed by atoms with Gasteiger partial charge in [0.1, 0.15) is 0 Å². The normalized spacial score (nSPS) is 17.4. The molecule has 1 aliphatic heterocycles. The van der Waals surface area contributed by atoms with E-state index in [1.54, 1.807) is 18.2 Å². The summed E-state index contributed by atoms with van der Waals surface area (Å²) in [6, 6.07) is 11.8. The summed E-state index contributed by atoms with van der Waals surface area (Å²) in [6.07, 6.45) is 0.940. The fourth-order valence-electron chi connectivity index (χ4n) is 3.08. The van der Waals surface area contributed by atoms with Crippen molar-refractivity contribution < 1.29 is 4.79 Å². The van der Waals surface area contributed by atoms with E-state index >= 15 is 0 Å².